The number of hydrogen-bond donors (Lipinski definition) is 1. The van der Waals surface area contributed by atoms with Crippen molar-refractivity contribution in [1.29, 1.82) is 0 Å². The molecule has 1 heterocycles. The first kappa shape index (κ1) is 13.4. The van der Waals surface area contributed by atoms with Gasteiger partial charge in [-0.05, 0) is 52.1 Å². The standard InChI is InChI=1S/C15H30N2/c1-13(11-15-7-6-8-15)16-12-14(2)17-9-4-3-5-10-17/h13-16H,3-12H2,1-2H3. The largest absolute Gasteiger partial charge is 0.313 e. The third-order valence-corrected chi connectivity index (χ3v) is 4.69. The zero-order chi connectivity index (χ0) is 12.1. The smallest absolute Gasteiger partial charge is 0.0192 e. The topological polar surface area (TPSA) is 15.3 Å². The molecular formula is C15H30N2. The monoisotopic (exact) mass is 238 g/mol. The predicted molar refractivity (Wildman–Crippen MR) is 74.3 cm³/mol. The molecular weight excluding hydrogens is 208 g/mol. The summed E-state index contributed by atoms with van der Waals surface area (Å²) in [5, 5.41) is 3.74. The van der Waals surface area contributed by atoms with Crippen molar-refractivity contribution in [3.05, 3.63) is 0 Å². The maximum absolute atomic E-state index is 3.74. The fourth-order valence-corrected chi connectivity index (χ4v) is 3.17. The number of rotatable bonds is 6. The van der Waals surface area contributed by atoms with Crippen LogP contribution in [0.5, 0.6) is 0 Å². The molecule has 1 aliphatic carbocycles. The Hall–Kier alpha value is -0.0800. The molecule has 1 aliphatic heterocycles. The van der Waals surface area contributed by atoms with E-state index in [2.05, 4.69) is 24.1 Å². The lowest BCUT2D eigenvalue weighted by atomic mass is 9.81. The highest BCUT2D eigenvalue weighted by Crippen LogP contribution is 2.30. The molecule has 1 saturated heterocycles. The van der Waals surface area contributed by atoms with E-state index in [4.69, 9.17) is 0 Å². The summed E-state index contributed by atoms with van der Waals surface area (Å²) in [6.45, 7) is 8.56. The van der Waals surface area contributed by atoms with E-state index < -0.39 is 0 Å². The molecule has 100 valence electrons. The second kappa shape index (κ2) is 6.75. The second-order valence-electron chi connectivity index (χ2n) is 6.29. The summed E-state index contributed by atoms with van der Waals surface area (Å²) in [7, 11) is 0. The third kappa shape index (κ3) is 4.26. The highest BCUT2D eigenvalue weighted by molar-refractivity contribution is 4.78. The van der Waals surface area contributed by atoms with Crippen LogP contribution in [0.3, 0.4) is 0 Å². The molecule has 17 heavy (non-hydrogen) atoms. The van der Waals surface area contributed by atoms with Gasteiger partial charge in [0.2, 0.25) is 0 Å². The first-order valence-corrected chi connectivity index (χ1v) is 7.73. The fraction of sp³-hybridized carbons (Fsp3) is 1.00. The van der Waals surface area contributed by atoms with Crippen molar-refractivity contribution < 1.29 is 0 Å². The van der Waals surface area contributed by atoms with Gasteiger partial charge in [-0.25, -0.2) is 0 Å². The Morgan fingerprint density at radius 1 is 1.06 bits per heavy atom. The average Bonchev–Trinajstić information content (AvgIpc) is 2.32. The van der Waals surface area contributed by atoms with Crippen LogP contribution in [0.25, 0.3) is 0 Å². The Kier molecular flexibility index (Phi) is 5.30. The van der Waals surface area contributed by atoms with Gasteiger partial charge in [0.1, 0.15) is 0 Å². The molecule has 2 fully saturated rings. The van der Waals surface area contributed by atoms with E-state index in [-0.39, 0.29) is 0 Å². The van der Waals surface area contributed by atoms with E-state index in [0.29, 0.717) is 6.04 Å². The third-order valence-electron chi connectivity index (χ3n) is 4.69. The van der Waals surface area contributed by atoms with Gasteiger partial charge in [0.25, 0.3) is 0 Å². The molecule has 0 radical (unpaired) electrons. The van der Waals surface area contributed by atoms with Crippen LogP contribution in [0.15, 0.2) is 0 Å². The summed E-state index contributed by atoms with van der Waals surface area (Å²) < 4.78 is 0. The Morgan fingerprint density at radius 2 is 1.76 bits per heavy atom. The Labute approximate surface area is 107 Å². The molecule has 2 unspecified atom stereocenters. The highest BCUT2D eigenvalue weighted by Gasteiger charge is 2.21. The van der Waals surface area contributed by atoms with Crippen molar-refractivity contribution in [3.8, 4) is 0 Å². The minimum Gasteiger partial charge on any atom is -0.313 e. The maximum Gasteiger partial charge on any atom is 0.0192 e. The second-order valence-corrected chi connectivity index (χ2v) is 6.29. The number of piperidine rings is 1. The molecule has 0 spiro atoms. The summed E-state index contributed by atoms with van der Waals surface area (Å²) in [5.74, 6) is 1.03. The van der Waals surface area contributed by atoms with Crippen LogP contribution in [-0.4, -0.2) is 36.6 Å². The molecule has 0 aromatic heterocycles. The van der Waals surface area contributed by atoms with Crippen LogP contribution in [0, 0.1) is 5.92 Å². The van der Waals surface area contributed by atoms with Gasteiger partial charge < -0.3 is 5.32 Å². The minimum absolute atomic E-state index is 0.715. The normalized spacial score (nSPS) is 26.5. The van der Waals surface area contributed by atoms with Gasteiger partial charge in [0.15, 0.2) is 0 Å². The van der Waals surface area contributed by atoms with Crippen LogP contribution in [0.1, 0.15) is 58.8 Å². The van der Waals surface area contributed by atoms with Crippen LogP contribution in [0.2, 0.25) is 0 Å². The molecule has 0 amide bonds. The SMILES string of the molecule is CC(CC1CCC1)NCC(C)N1CCCCC1. The molecule has 0 aromatic rings. The van der Waals surface area contributed by atoms with Gasteiger partial charge in [0, 0.05) is 18.6 Å². The average molecular weight is 238 g/mol. The number of likely N-dealkylation sites (tertiary alicyclic amines) is 1. The van der Waals surface area contributed by atoms with E-state index in [1.165, 1.54) is 64.6 Å². The van der Waals surface area contributed by atoms with Crippen molar-refractivity contribution in [2.45, 2.75) is 70.9 Å². The summed E-state index contributed by atoms with van der Waals surface area (Å²) >= 11 is 0. The van der Waals surface area contributed by atoms with Crippen LogP contribution in [-0.2, 0) is 0 Å². The van der Waals surface area contributed by atoms with Gasteiger partial charge >= 0.3 is 0 Å². The van der Waals surface area contributed by atoms with E-state index in [0.717, 1.165) is 12.0 Å². The van der Waals surface area contributed by atoms with E-state index in [1.807, 2.05) is 0 Å². The van der Waals surface area contributed by atoms with E-state index in [9.17, 15) is 0 Å². The molecule has 0 aromatic carbocycles. The Balaban J connectivity index is 1.58. The lowest BCUT2D eigenvalue weighted by molar-refractivity contribution is 0.165. The Bertz CT molecular complexity index is 207. The fourth-order valence-electron chi connectivity index (χ4n) is 3.17. The molecule has 2 nitrogen and oxygen atoms in total. The van der Waals surface area contributed by atoms with E-state index >= 15 is 0 Å². The molecule has 2 atom stereocenters. The molecule has 2 rings (SSSR count). The lowest BCUT2D eigenvalue weighted by Gasteiger charge is -2.34. The van der Waals surface area contributed by atoms with Crippen molar-refractivity contribution in [3.63, 3.8) is 0 Å². The number of hydrogen-bond acceptors (Lipinski definition) is 2. The zero-order valence-electron chi connectivity index (χ0n) is 11.8. The van der Waals surface area contributed by atoms with Crippen LogP contribution in [0.4, 0.5) is 0 Å². The quantitative estimate of drug-likeness (QED) is 0.765. The van der Waals surface area contributed by atoms with Crippen molar-refractivity contribution in [2.75, 3.05) is 19.6 Å². The van der Waals surface area contributed by atoms with Gasteiger partial charge in [-0.2, -0.15) is 0 Å². The summed E-state index contributed by atoms with van der Waals surface area (Å²) in [6, 6.07) is 1.44. The molecule has 1 N–H and O–H groups in total. The maximum atomic E-state index is 3.74. The number of nitrogens with one attached hydrogen (secondary N) is 1. The summed E-state index contributed by atoms with van der Waals surface area (Å²) in [4.78, 5) is 2.66. The van der Waals surface area contributed by atoms with Crippen LogP contribution >= 0.6 is 0 Å². The van der Waals surface area contributed by atoms with Crippen molar-refractivity contribution in [2.24, 2.45) is 5.92 Å². The Morgan fingerprint density at radius 3 is 2.35 bits per heavy atom. The van der Waals surface area contributed by atoms with Gasteiger partial charge in [-0.1, -0.05) is 25.7 Å². The lowest BCUT2D eigenvalue weighted by Crippen LogP contribution is -2.45. The summed E-state index contributed by atoms with van der Waals surface area (Å²) in [6.07, 6.45) is 10.1. The molecule has 1 saturated carbocycles. The van der Waals surface area contributed by atoms with E-state index in [1.54, 1.807) is 0 Å². The zero-order valence-corrected chi connectivity index (χ0v) is 11.8. The van der Waals surface area contributed by atoms with Gasteiger partial charge in [-0.3, -0.25) is 4.90 Å². The predicted octanol–water partition coefficient (Wildman–Crippen LogP) is 3.03. The van der Waals surface area contributed by atoms with Crippen LogP contribution < -0.4 is 5.32 Å². The van der Waals surface area contributed by atoms with Gasteiger partial charge in [-0.15, -0.1) is 0 Å². The molecule has 2 aliphatic rings. The minimum atomic E-state index is 0.715. The number of nitrogens with zero attached hydrogens (tertiary/aromatic N) is 1. The first-order valence-electron chi connectivity index (χ1n) is 7.73. The first-order chi connectivity index (χ1) is 8.25. The summed E-state index contributed by atoms with van der Waals surface area (Å²) in [5.41, 5.74) is 0. The highest BCUT2D eigenvalue weighted by atomic mass is 15.2. The van der Waals surface area contributed by atoms with Crippen molar-refractivity contribution in [1.82, 2.24) is 10.2 Å². The van der Waals surface area contributed by atoms with Crippen molar-refractivity contribution >= 4 is 0 Å². The van der Waals surface area contributed by atoms with Gasteiger partial charge in [0.05, 0.1) is 0 Å². The molecule has 0 bridgehead atoms. The molecule has 2 heteroatoms.